The smallest absolute Gasteiger partial charge is 0.406 e. The minimum Gasteiger partial charge on any atom is -0.406 e. The normalized spacial score (nSPS) is 14.5. The van der Waals surface area contributed by atoms with E-state index >= 15 is 0 Å². The first-order valence-electron chi connectivity index (χ1n) is 9.23. The van der Waals surface area contributed by atoms with Gasteiger partial charge in [-0.1, -0.05) is 23.9 Å². The zero-order valence-corrected chi connectivity index (χ0v) is 17.2. The first-order valence-corrected chi connectivity index (χ1v) is 10.1. The summed E-state index contributed by atoms with van der Waals surface area (Å²) in [5, 5.41) is 13.7. The number of benzene rings is 2. The fourth-order valence-corrected chi connectivity index (χ4v) is 3.93. The summed E-state index contributed by atoms with van der Waals surface area (Å²) in [5.74, 6) is -1.00. The van der Waals surface area contributed by atoms with Crippen molar-refractivity contribution in [2.75, 3.05) is 16.8 Å². The first-order chi connectivity index (χ1) is 15.2. The molecule has 1 aromatic heterocycles. The molecule has 0 saturated carbocycles. The lowest BCUT2D eigenvalue weighted by Crippen LogP contribution is -2.45. The summed E-state index contributed by atoms with van der Waals surface area (Å²) in [7, 11) is 0. The average Bonchev–Trinajstić information content (AvgIpc) is 3.20. The van der Waals surface area contributed by atoms with Crippen molar-refractivity contribution in [3.8, 4) is 11.4 Å². The van der Waals surface area contributed by atoms with Gasteiger partial charge in [-0.05, 0) is 53.7 Å². The first kappa shape index (κ1) is 21.6. The average molecular weight is 464 g/mol. The largest absolute Gasteiger partial charge is 0.573 e. The lowest BCUT2D eigenvalue weighted by atomic mass is 10.2. The predicted octanol–water partition coefficient (Wildman–Crippen LogP) is 3.03. The van der Waals surface area contributed by atoms with E-state index in [0.29, 0.717) is 17.1 Å². The molecule has 1 N–H and O–H groups in total. The summed E-state index contributed by atoms with van der Waals surface area (Å²) >= 11 is 1.06. The van der Waals surface area contributed by atoms with E-state index in [1.807, 2.05) is 0 Å². The standard InChI is InChI=1S/C19H15F3N6O3S/c1-11(17(30)27-10-16(29)23-14-4-2-3-5-15(14)27)32-18-24-25-26-28(18)12-6-8-13(9-7-12)31-19(20,21)22/h2-9,11H,10H2,1H3,(H,23,29). The molecule has 0 saturated heterocycles. The molecule has 0 radical (unpaired) electrons. The molecule has 0 bridgehead atoms. The van der Waals surface area contributed by atoms with Crippen LogP contribution in [-0.4, -0.2) is 50.2 Å². The SMILES string of the molecule is CC(Sc1nnnn1-c1ccc(OC(F)(F)F)cc1)C(=O)N1CC(=O)Nc2ccccc21. The van der Waals surface area contributed by atoms with Gasteiger partial charge in [-0.25, -0.2) is 0 Å². The number of hydrogen-bond acceptors (Lipinski definition) is 7. The topological polar surface area (TPSA) is 102 Å². The molecule has 3 aromatic rings. The molecule has 0 aliphatic carbocycles. The number of anilines is 2. The van der Waals surface area contributed by atoms with Crippen LogP contribution in [0, 0.1) is 0 Å². The van der Waals surface area contributed by atoms with Crippen LogP contribution in [0.4, 0.5) is 24.5 Å². The van der Waals surface area contributed by atoms with Gasteiger partial charge in [0.05, 0.1) is 22.3 Å². The molecule has 32 heavy (non-hydrogen) atoms. The molecule has 9 nitrogen and oxygen atoms in total. The Hall–Kier alpha value is -3.61. The predicted molar refractivity (Wildman–Crippen MR) is 109 cm³/mol. The number of carbonyl (C=O) groups excluding carboxylic acids is 2. The van der Waals surface area contributed by atoms with E-state index in [9.17, 15) is 22.8 Å². The van der Waals surface area contributed by atoms with Crippen LogP contribution >= 0.6 is 11.8 Å². The molecule has 4 rings (SSSR count). The lowest BCUT2D eigenvalue weighted by Gasteiger charge is -2.30. The molecule has 1 aliphatic rings. The summed E-state index contributed by atoms with van der Waals surface area (Å²) in [4.78, 5) is 26.5. The molecule has 1 atom stereocenters. The number of nitrogens with zero attached hydrogens (tertiary/aromatic N) is 5. The number of para-hydroxylation sites is 2. The highest BCUT2D eigenvalue weighted by Gasteiger charge is 2.32. The van der Waals surface area contributed by atoms with Crippen LogP contribution in [0.25, 0.3) is 5.69 Å². The molecule has 0 fully saturated rings. The van der Waals surface area contributed by atoms with Crippen LogP contribution < -0.4 is 15.0 Å². The zero-order valence-electron chi connectivity index (χ0n) is 16.4. The second kappa shape index (κ2) is 8.49. The quantitative estimate of drug-likeness (QED) is 0.579. The summed E-state index contributed by atoms with van der Waals surface area (Å²) in [5.41, 5.74) is 1.51. The molecule has 2 amide bonds. The molecule has 13 heteroatoms. The highest BCUT2D eigenvalue weighted by atomic mass is 32.2. The van der Waals surface area contributed by atoms with Crippen molar-refractivity contribution in [3.63, 3.8) is 0 Å². The molecule has 1 aliphatic heterocycles. The maximum Gasteiger partial charge on any atom is 0.573 e. The molecule has 2 heterocycles. The Kier molecular flexibility index (Phi) is 5.74. The summed E-state index contributed by atoms with van der Waals surface area (Å²) in [6, 6.07) is 12.0. The number of thioether (sulfide) groups is 1. The Morgan fingerprint density at radius 1 is 1.19 bits per heavy atom. The van der Waals surface area contributed by atoms with Gasteiger partial charge in [0.25, 0.3) is 0 Å². The monoisotopic (exact) mass is 464 g/mol. The number of amides is 2. The van der Waals surface area contributed by atoms with Crippen LogP contribution in [0.2, 0.25) is 0 Å². The van der Waals surface area contributed by atoms with E-state index < -0.39 is 11.6 Å². The highest BCUT2D eigenvalue weighted by Crippen LogP contribution is 2.32. The Balaban J connectivity index is 1.51. The van der Waals surface area contributed by atoms with Gasteiger partial charge in [-0.15, -0.1) is 18.3 Å². The Bertz CT molecular complexity index is 1150. The maximum absolute atomic E-state index is 13.1. The van der Waals surface area contributed by atoms with Gasteiger partial charge in [-0.3, -0.25) is 14.5 Å². The Labute approximate surface area is 183 Å². The number of aromatic nitrogens is 4. The van der Waals surface area contributed by atoms with Crippen LogP contribution in [0.5, 0.6) is 5.75 Å². The second-order valence-corrected chi connectivity index (χ2v) is 7.97. The number of ether oxygens (including phenoxy) is 1. The van der Waals surface area contributed by atoms with Gasteiger partial charge < -0.3 is 10.1 Å². The van der Waals surface area contributed by atoms with Gasteiger partial charge >= 0.3 is 6.36 Å². The number of carbonyl (C=O) groups is 2. The minimum absolute atomic E-state index is 0.119. The number of rotatable bonds is 5. The number of hydrogen-bond donors (Lipinski definition) is 1. The highest BCUT2D eigenvalue weighted by molar-refractivity contribution is 8.00. The van der Waals surface area contributed by atoms with Crippen LogP contribution in [-0.2, 0) is 9.59 Å². The van der Waals surface area contributed by atoms with E-state index in [1.165, 1.54) is 21.7 Å². The minimum atomic E-state index is -4.79. The number of alkyl halides is 3. The fourth-order valence-electron chi connectivity index (χ4n) is 3.06. The van der Waals surface area contributed by atoms with Gasteiger partial charge in [0.2, 0.25) is 17.0 Å². The van der Waals surface area contributed by atoms with Gasteiger partial charge in [-0.2, -0.15) is 4.68 Å². The second-order valence-electron chi connectivity index (χ2n) is 6.66. The lowest BCUT2D eigenvalue weighted by molar-refractivity contribution is -0.274. The van der Waals surface area contributed by atoms with Crippen molar-refractivity contribution in [3.05, 3.63) is 48.5 Å². The Morgan fingerprint density at radius 3 is 2.62 bits per heavy atom. The van der Waals surface area contributed by atoms with Gasteiger partial charge in [0.15, 0.2) is 0 Å². The third-order valence-corrected chi connectivity index (χ3v) is 5.44. The number of nitrogens with one attached hydrogen (secondary N) is 1. The zero-order chi connectivity index (χ0) is 22.9. The molecular formula is C19H15F3N6O3S. The molecule has 1 unspecified atom stereocenters. The number of halogens is 3. The van der Waals surface area contributed by atoms with Gasteiger partial charge in [0, 0.05) is 0 Å². The fraction of sp³-hybridized carbons (Fsp3) is 0.211. The van der Waals surface area contributed by atoms with E-state index in [4.69, 9.17) is 0 Å². The summed E-state index contributed by atoms with van der Waals surface area (Å²) < 4.78 is 42.2. The number of fused-ring (bicyclic) bond motifs is 1. The van der Waals surface area contributed by atoms with Gasteiger partial charge in [0.1, 0.15) is 12.3 Å². The van der Waals surface area contributed by atoms with E-state index in [0.717, 1.165) is 23.9 Å². The molecule has 166 valence electrons. The van der Waals surface area contributed by atoms with Crippen molar-refractivity contribution in [1.29, 1.82) is 0 Å². The third-order valence-electron chi connectivity index (χ3n) is 4.42. The molecule has 0 spiro atoms. The van der Waals surface area contributed by atoms with Crippen molar-refractivity contribution in [2.24, 2.45) is 0 Å². The summed E-state index contributed by atoms with van der Waals surface area (Å²) in [6.07, 6.45) is -4.79. The van der Waals surface area contributed by atoms with Crippen molar-refractivity contribution >= 4 is 35.0 Å². The number of tetrazole rings is 1. The maximum atomic E-state index is 13.1. The van der Waals surface area contributed by atoms with Crippen LogP contribution in [0.15, 0.2) is 53.7 Å². The third kappa shape index (κ3) is 4.66. The molecular weight excluding hydrogens is 449 g/mol. The van der Waals surface area contributed by atoms with E-state index in [-0.39, 0.29) is 29.3 Å². The van der Waals surface area contributed by atoms with E-state index in [1.54, 1.807) is 31.2 Å². The van der Waals surface area contributed by atoms with Crippen molar-refractivity contribution in [1.82, 2.24) is 20.2 Å². The van der Waals surface area contributed by atoms with Crippen LogP contribution in [0.1, 0.15) is 6.92 Å². The van der Waals surface area contributed by atoms with Crippen LogP contribution in [0.3, 0.4) is 0 Å². The summed E-state index contributed by atoms with van der Waals surface area (Å²) in [6.45, 7) is 1.54. The Morgan fingerprint density at radius 2 is 1.91 bits per heavy atom. The van der Waals surface area contributed by atoms with Crippen molar-refractivity contribution < 1.29 is 27.5 Å². The van der Waals surface area contributed by atoms with Crippen molar-refractivity contribution in [2.45, 2.75) is 23.7 Å². The molecule has 2 aromatic carbocycles. The van der Waals surface area contributed by atoms with E-state index in [2.05, 4.69) is 25.6 Å².